The van der Waals surface area contributed by atoms with Gasteiger partial charge in [0.1, 0.15) is 5.69 Å². The van der Waals surface area contributed by atoms with Crippen molar-refractivity contribution in [2.24, 2.45) is 0 Å². The Morgan fingerprint density at radius 2 is 2.47 bits per heavy atom. The third-order valence-corrected chi connectivity index (χ3v) is 3.40. The van der Waals surface area contributed by atoms with Crippen LogP contribution in [-0.2, 0) is 6.54 Å². The molecule has 1 aliphatic rings. The van der Waals surface area contributed by atoms with Crippen LogP contribution in [-0.4, -0.2) is 43.8 Å². The highest BCUT2D eigenvalue weighted by molar-refractivity contribution is 5.92. The fourth-order valence-corrected chi connectivity index (χ4v) is 2.33. The first-order valence-electron chi connectivity index (χ1n) is 6.37. The molecule has 0 N–H and O–H groups in total. The van der Waals surface area contributed by atoms with Gasteiger partial charge >= 0.3 is 0 Å². The summed E-state index contributed by atoms with van der Waals surface area (Å²) >= 11 is 0. The lowest BCUT2D eigenvalue weighted by Gasteiger charge is -2.14. The molecule has 1 unspecified atom stereocenters. The van der Waals surface area contributed by atoms with E-state index >= 15 is 0 Å². The molecule has 7 nitrogen and oxygen atoms in total. The largest absolute Gasteiger partial charge is 0.343 e. The van der Waals surface area contributed by atoms with Gasteiger partial charge in [-0.2, -0.15) is 10.1 Å². The summed E-state index contributed by atoms with van der Waals surface area (Å²) in [4.78, 5) is 18.1. The summed E-state index contributed by atoms with van der Waals surface area (Å²) in [7, 11) is 0. The van der Waals surface area contributed by atoms with E-state index in [4.69, 9.17) is 4.52 Å². The Hall–Kier alpha value is -2.18. The van der Waals surface area contributed by atoms with Crippen LogP contribution in [0.3, 0.4) is 0 Å². The molecule has 3 heterocycles. The first-order valence-corrected chi connectivity index (χ1v) is 6.37. The van der Waals surface area contributed by atoms with Gasteiger partial charge in [-0.15, -0.1) is 0 Å². The number of amides is 1. The molecule has 2 aromatic rings. The van der Waals surface area contributed by atoms with Gasteiger partial charge in [0.15, 0.2) is 5.82 Å². The molecule has 0 aromatic carbocycles. The molecule has 2 aromatic heterocycles. The van der Waals surface area contributed by atoms with Gasteiger partial charge in [-0.1, -0.05) is 5.16 Å². The van der Waals surface area contributed by atoms with Crippen molar-refractivity contribution >= 4 is 5.91 Å². The monoisotopic (exact) mass is 261 g/mol. The lowest BCUT2D eigenvalue weighted by Crippen LogP contribution is -2.29. The molecule has 1 saturated heterocycles. The number of hydrogen-bond donors (Lipinski definition) is 0. The van der Waals surface area contributed by atoms with E-state index in [9.17, 15) is 4.79 Å². The van der Waals surface area contributed by atoms with E-state index in [1.54, 1.807) is 15.6 Å². The molecule has 1 atom stereocenters. The van der Waals surface area contributed by atoms with Crippen molar-refractivity contribution in [2.45, 2.75) is 25.8 Å². The molecule has 19 heavy (non-hydrogen) atoms. The van der Waals surface area contributed by atoms with E-state index in [1.807, 2.05) is 13.1 Å². The SMILES string of the molecule is CCn1ccc(C(=O)N2CCC(c3ncon3)C2)n1. The fourth-order valence-electron chi connectivity index (χ4n) is 2.33. The van der Waals surface area contributed by atoms with Crippen molar-refractivity contribution in [3.63, 3.8) is 0 Å². The minimum atomic E-state index is -0.0294. The molecule has 0 spiro atoms. The molecule has 0 saturated carbocycles. The van der Waals surface area contributed by atoms with E-state index in [2.05, 4.69) is 15.2 Å². The highest BCUT2D eigenvalue weighted by Gasteiger charge is 2.31. The normalized spacial score (nSPS) is 19.0. The summed E-state index contributed by atoms with van der Waals surface area (Å²) in [5.41, 5.74) is 0.496. The summed E-state index contributed by atoms with van der Waals surface area (Å²) in [6.07, 6.45) is 4.00. The number of likely N-dealkylation sites (tertiary alicyclic amines) is 1. The van der Waals surface area contributed by atoms with Crippen LogP contribution < -0.4 is 0 Å². The van der Waals surface area contributed by atoms with Gasteiger partial charge < -0.3 is 9.42 Å². The van der Waals surface area contributed by atoms with Crippen LogP contribution in [0.4, 0.5) is 0 Å². The van der Waals surface area contributed by atoms with Crippen LogP contribution >= 0.6 is 0 Å². The molecular weight excluding hydrogens is 246 g/mol. The van der Waals surface area contributed by atoms with Crippen molar-refractivity contribution in [3.05, 3.63) is 30.2 Å². The van der Waals surface area contributed by atoms with Gasteiger partial charge in [0.05, 0.1) is 0 Å². The maximum Gasteiger partial charge on any atom is 0.274 e. The number of aryl methyl sites for hydroxylation is 1. The number of carbonyl (C=O) groups is 1. The van der Waals surface area contributed by atoms with Gasteiger partial charge in [0, 0.05) is 31.7 Å². The predicted molar refractivity (Wildman–Crippen MR) is 65.5 cm³/mol. The van der Waals surface area contributed by atoms with Crippen LogP contribution in [0.5, 0.6) is 0 Å². The fraction of sp³-hybridized carbons (Fsp3) is 0.500. The number of rotatable bonds is 3. The third kappa shape index (κ3) is 2.23. The van der Waals surface area contributed by atoms with Gasteiger partial charge in [-0.05, 0) is 19.4 Å². The van der Waals surface area contributed by atoms with Crippen molar-refractivity contribution in [2.75, 3.05) is 13.1 Å². The van der Waals surface area contributed by atoms with Crippen molar-refractivity contribution in [3.8, 4) is 0 Å². The first-order chi connectivity index (χ1) is 9.28. The van der Waals surface area contributed by atoms with Crippen LogP contribution in [0.2, 0.25) is 0 Å². The molecule has 0 radical (unpaired) electrons. The Labute approximate surface area is 110 Å². The van der Waals surface area contributed by atoms with Crippen molar-refractivity contribution < 1.29 is 9.32 Å². The lowest BCUT2D eigenvalue weighted by atomic mass is 10.1. The smallest absolute Gasteiger partial charge is 0.274 e. The zero-order chi connectivity index (χ0) is 13.2. The molecule has 1 fully saturated rings. The van der Waals surface area contributed by atoms with Crippen molar-refractivity contribution in [1.29, 1.82) is 0 Å². The van der Waals surface area contributed by atoms with E-state index in [0.29, 0.717) is 24.6 Å². The Bertz CT molecular complexity index is 562. The summed E-state index contributed by atoms with van der Waals surface area (Å²) in [5.74, 6) is 0.809. The maximum atomic E-state index is 12.3. The molecule has 3 rings (SSSR count). The van der Waals surface area contributed by atoms with Crippen LogP contribution in [0.1, 0.15) is 35.6 Å². The van der Waals surface area contributed by atoms with Gasteiger partial charge in [0.2, 0.25) is 6.39 Å². The predicted octanol–water partition coefficient (Wildman–Crippen LogP) is 0.916. The van der Waals surface area contributed by atoms with Crippen LogP contribution in [0, 0.1) is 0 Å². The topological polar surface area (TPSA) is 77.0 Å². The minimum Gasteiger partial charge on any atom is -0.343 e. The summed E-state index contributed by atoms with van der Waals surface area (Å²) < 4.78 is 6.49. The third-order valence-electron chi connectivity index (χ3n) is 3.40. The second-order valence-corrected chi connectivity index (χ2v) is 4.58. The number of carbonyl (C=O) groups excluding carboxylic acids is 1. The molecule has 7 heteroatoms. The zero-order valence-corrected chi connectivity index (χ0v) is 10.7. The second kappa shape index (κ2) is 4.83. The first kappa shape index (κ1) is 11.9. The molecular formula is C12H15N5O2. The summed E-state index contributed by atoms with van der Waals surface area (Å²) in [5, 5.41) is 8.08. The Kier molecular flexibility index (Phi) is 3.02. The Morgan fingerprint density at radius 3 is 3.16 bits per heavy atom. The highest BCUT2D eigenvalue weighted by atomic mass is 16.5. The number of aromatic nitrogens is 4. The summed E-state index contributed by atoms with van der Waals surface area (Å²) in [6, 6.07) is 1.76. The zero-order valence-electron chi connectivity index (χ0n) is 10.7. The van der Waals surface area contributed by atoms with E-state index in [0.717, 1.165) is 13.0 Å². The maximum absolute atomic E-state index is 12.3. The van der Waals surface area contributed by atoms with Gasteiger partial charge in [0.25, 0.3) is 5.91 Å². The van der Waals surface area contributed by atoms with Gasteiger partial charge in [-0.3, -0.25) is 9.48 Å². The standard InChI is InChI=1S/C12H15N5O2/c1-2-17-6-4-10(14-17)12(18)16-5-3-9(7-16)11-13-8-19-15-11/h4,6,8-9H,2-3,5,7H2,1H3. The Morgan fingerprint density at radius 1 is 1.58 bits per heavy atom. The highest BCUT2D eigenvalue weighted by Crippen LogP contribution is 2.25. The van der Waals surface area contributed by atoms with Crippen LogP contribution in [0.25, 0.3) is 0 Å². The average molecular weight is 261 g/mol. The van der Waals surface area contributed by atoms with Crippen LogP contribution in [0.15, 0.2) is 23.2 Å². The minimum absolute atomic E-state index is 0.0294. The summed E-state index contributed by atoms with van der Waals surface area (Å²) in [6.45, 7) is 4.08. The quantitative estimate of drug-likeness (QED) is 0.821. The number of nitrogens with zero attached hydrogens (tertiary/aromatic N) is 5. The average Bonchev–Trinajstić information content (AvgIpc) is 3.16. The number of hydrogen-bond acceptors (Lipinski definition) is 5. The molecule has 1 aliphatic heterocycles. The van der Waals surface area contributed by atoms with E-state index in [-0.39, 0.29) is 11.8 Å². The second-order valence-electron chi connectivity index (χ2n) is 4.58. The molecule has 0 bridgehead atoms. The Balaban J connectivity index is 1.69. The molecule has 1 amide bonds. The van der Waals surface area contributed by atoms with Crippen molar-refractivity contribution in [1.82, 2.24) is 24.8 Å². The molecule has 0 aliphatic carbocycles. The lowest BCUT2D eigenvalue weighted by molar-refractivity contribution is 0.0783. The van der Waals surface area contributed by atoms with E-state index in [1.165, 1.54) is 6.39 Å². The van der Waals surface area contributed by atoms with Gasteiger partial charge in [-0.25, -0.2) is 0 Å². The van der Waals surface area contributed by atoms with E-state index < -0.39 is 0 Å². The molecule has 100 valence electrons.